The first-order valence-electron chi connectivity index (χ1n) is 7.07. The average molecular weight is 266 g/mol. The Labute approximate surface area is 116 Å². The van der Waals surface area contributed by atoms with E-state index in [2.05, 4.69) is 28.1 Å². The topological polar surface area (TPSA) is 59.4 Å². The second-order valence-electron chi connectivity index (χ2n) is 5.81. The fourth-order valence-electron chi connectivity index (χ4n) is 2.16. The normalized spacial score (nSPS) is 19.7. The van der Waals surface area contributed by atoms with Gasteiger partial charge in [-0.1, -0.05) is 6.92 Å². The average Bonchev–Trinajstić information content (AvgIpc) is 2.39. The molecule has 1 rings (SSSR count). The van der Waals surface area contributed by atoms with Gasteiger partial charge in [0.25, 0.3) is 0 Å². The molecule has 5 nitrogen and oxygen atoms in total. The van der Waals surface area contributed by atoms with Crippen LogP contribution in [0.25, 0.3) is 0 Å². The first-order chi connectivity index (χ1) is 8.89. The lowest BCUT2D eigenvalue weighted by atomic mass is 10.0. The molecule has 1 unspecified atom stereocenters. The summed E-state index contributed by atoms with van der Waals surface area (Å²) in [5, 5.41) is 12.1. The molecule has 0 aliphatic carbocycles. The van der Waals surface area contributed by atoms with Crippen molar-refractivity contribution < 1.29 is 4.79 Å². The molecule has 0 bridgehead atoms. The third-order valence-electron chi connectivity index (χ3n) is 3.82. The Bertz CT molecular complexity index is 340. The van der Waals surface area contributed by atoms with Gasteiger partial charge in [0.1, 0.15) is 5.54 Å². The molecule has 0 aromatic carbocycles. The Morgan fingerprint density at radius 3 is 2.42 bits per heavy atom. The van der Waals surface area contributed by atoms with Gasteiger partial charge in [-0.05, 0) is 27.2 Å². The molecular weight excluding hydrogens is 240 g/mol. The monoisotopic (exact) mass is 266 g/mol. The van der Waals surface area contributed by atoms with Crippen LogP contribution < -0.4 is 5.32 Å². The maximum absolute atomic E-state index is 11.8. The Kier molecular flexibility index (Phi) is 5.77. The van der Waals surface area contributed by atoms with Crippen molar-refractivity contribution in [2.24, 2.45) is 0 Å². The second kappa shape index (κ2) is 6.88. The maximum Gasteiger partial charge on any atom is 0.234 e. The van der Waals surface area contributed by atoms with Gasteiger partial charge in [0.05, 0.1) is 12.6 Å². The summed E-state index contributed by atoms with van der Waals surface area (Å²) < 4.78 is 0. The molecule has 1 N–H and O–H groups in total. The number of piperazine rings is 1. The third-order valence-corrected chi connectivity index (χ3v) is 3.82. The Balaban J connectivity index is 2.35. The summed E-state index contributed by atoms with van der Waals surface area (Å²) in [6, 6.07) is 2.57. The van der Waals surface area contributed by atoms with Crippen LogP contribution in [0.5, 0.6) is 0 Å². The highest BCUT2D eigenvalue weighted by Crippen LogP contribution is 2.15. The van der Waals surface area contributed by atoms with E-state index in [9.17, 15) is 4.79 Å². The van der Waals surface area contributed by atoms with Crippen LogP contribution in [0, 0.1) is 11.3 Å². The summed E-state index contributed by atoms with van der Waals surface area (Å²) in [6.07, 6.45) is 0.954. The van der Waals surface area contributed by atoms with Crippen LogP contribution in [-0.4, -0.2) is 60.0 Å². The summed E-state index contributed by atoms with van der Waals surface area (Å²) in [4.78, 5) is 16.1. The van der Waals surface area contributed by atoms with Crippen LogP contribution in [0.15, 0.2) is 0 Å². The number of nitrogens with zero attached hydrogens (tertiary/aromatic N) is 3. The van der Waals surface area contributed by atoms with Gasteiger partial charge in [0.2, 0.25) is 5.91 Å². The number of nitriles is 1. The van der Waals surface area contributed by atoms with E-state index >= 15 is 0 Å². The zero-order valence-electron chi connectivity index (χ0n) is 12.6. The number of nitrogens with one attached hydrogen (secondary N) is 1. The van der Waals surface area contributed by atoms with E-state index in [4.69, 9.17) is 5.26 Å². The summed E-state index contributed by atoms with van der Waals surface area (Å²) in [7, 11) is 0. The van der Waals surface area contributed by atoms with Gasteiger partial charge in [-0.25, -0.2) is 0 Å². The van der Waals surface area contributed by atoms with Crippen molar-refractivity contribution in [2.75, 3.05) is 32.7 Å². The van der Waals surface area contributed by atoms with Crippen molar-refractivity contribution in [2.45, 2.75) is 45.7 Å². The maximum atomic E-state index is 11.8. The minimum atomic E-state index is -0.412. The molecule has 1 amide bonds. The van der Waals surface area contributed by atoms with Crippen molar-refractivity contribution in [3.63, 3.8) is 0 Å². The van der Waals surface area contributed by atoms with Gasteiger partial charge in [0.15, 0.2) is 0 Å². The summed E-state index contributed by atoms with van der Waals surface area (Å²) in [6.45, 7) is 11.8. The van der Waals surface area contributed by atoms with Gasteiger partial charge in [-0.3, -0.25) is 14.6 Å². The fourth-order valence-corrected chi connectivity index (χ4v) is 2.16. The van der Waals surface area contributed by atoms with E-state index in [1.165, 1.54) is 0 Å². The predicted molar refractivity (Wildman–Crippen MR) is 75.6 cm³/mol. The van der Waals surface area contributed by atoms with Gasteiger partial charge < -0.3 is 5.32 Å². The Hall–Kier alpha value is -1.12. The molecule has 0 aromatic heterocycles. The number of carbonyl (C=O) groups is 1. The zero-order valence-corrected chi connectivity index (χ0v) is 12.6. The van der Waals surface area contributed by atoms with Crippen LogP contribution in [0.3, 0.4) is 0 Å². The molecule has 5 heteroatoms. The van der Waals surface area contributed by atoms with Crippen molar-refractivity contribution >= 4 is 5.91 Å². The van der Waals surface area contributed by atoms with Crippen molar-refractivity contribution in [3.8, 4) is 6.07 Å². The van der Waals surface area contributed by atoms with Gasteiger partial charge in [-0.15, -0.1) is 0 Å². The highest BCUT2D eigenvalue weighted by Gasteiger charge is 2.30. The summed E-state index contributed by atoms with van der Waals surface area (Å²) in [5.41, 5.74) is -0.412. The molecule has 0 radical (unpaired) electrons. The first kappa shape index (κ1) is 15.9. The van der Waals surface area contributed by atoms with Gasteiger partial charge >= 0.3 is 0 Å². The highest BCUT2D eigenvalue weighted by molar-refractivity contribution is 5.78. The SMILES string of the molecule is CCC(C)NC(=O)CN1CCN(C(C)(C)C#N)CC1. The molecule has 0 aromatic rings. The van der Waals surface area contributed by atoms with Gasteiger partial charge in [-0.2, -0.15) is 5.26 Å². The first-order valence-corrected chi connectivity index (χ1v) is 7.07. The van der Waals surface area contributed by atoms with Crippen molar-refractivity contribution in [1.82, 2.24) is 15.1 Å². The Morgan fingerprint density at radius 1 is 1.37 bits per heavy atom. The van der Waals surface area contributed by atoms with Gasteiger partial charge in [0, 0.05) is 32.2 Å². The molecule has 1 aliphatic heterocycles. The molecule has 1 saturated heterocycles. The van der Waals surface area contributed by atoms with Crippen molar-refractivity contribution in [3.05, 3.63) is 0 Å². The number of hydrogen-bond acceptors (Lipinski definition) is 4. The molecule has 1 aliphatic rings. The van der Waals surface area contributed by atoms with Crippen LogP contribution in [0.4, 0.5) is 0 Å². The van der Waals surface area contributed by atoms with Crippen LogP contribution in [-0.2, 0) is 4.79 Å². The molecular formula is C14H26N4O. The number of amides is 1. The predicted octanol–water partition coefficient (Wildman–Crippen LogP) is 0.821. The molecule has 0 spiro atoms. The lowest BCUT2D eigenvalue weighted by molar-refractivity contribution is -0.123. The van der Waals surface area contributed by atoms with Crippen molar-refractivity contribution in [1.29, 1.82) is 5.26 Å². The number of hydrogen-bond donors (Lipinski definition) is 1. The van der Waals surface area contributed by atoms with E-state index < -0.39 is 5.54 Å². The molecule has 1 atom stereocenters. The summed E-state index contributed by atoms with van der Waals surface area (Å²) >= 11 is 0. The largest absolute Gasteiger partial charge is 0.353 e. The molecule has 19 heavy (non-hydrogen) atoms. The fraction of sp³-hybridized carbons (Fsp3) is 0.857. The minimum absolute atomic E-state index is 0.0994. The smallest absolute Gasteiger partial charge is 0.234 e. The highest BCUT2D eigenvalue weighted by atomic mass is 16.2. The standard InChI is InChI=1S/C14H26N4O/c1-5-12(2)16-13(19)10-17-6-8-18(9-7-17)14(3,4)11-15/h12H,5-10H2,1-4H3,(H,16,19). The van der Waals surface area contributed by atoms with Crippen LogP contribution in [0.2, 0.25) is 0 Å². The van der Waals surface area contributed by atoms with Crippen LogP contribution >= 0.6 is 0 Å². The molecule has 0 saturated carbocycles. The van der Waals surface area contributed by atoms with E-state index in [0.717, 1.165) is 32.6 Å². The van der Waals surface area contributed by atoms with E-state index in [0.29, 0.717) is 6.54 Å². The van der Waals surface area contributed by atoms with E-state index in [1.54, 1.807) is 0 Å². The van der Waals surface area contributed by atoms with E-state index in [-0.39, 0.29) is 11.9 Å². The lowest BCUT2D eigenvalue weighted by Crippen LogP contribution is -2.55. The molecule has 108 valence electrons. The number of rotatable bonds is 5. The lowest BCUT2D eigenvalue weighted by Gasteiger charge is -2.40. The minimum Gasteiger partial charge on any atom is -0.353 e. The third kappa shape index (κ3) is 4.81. The second-order valence-corrected chi connectivity index (χ2v) is 5.81. The number of carbonyl (C=O) groups excluding carboxylic acids is 1. The Morgan fingerprint density at radius 2 is 1.95 bits per heavy atom. The van der Waals surface area contributed by atoms with E-state index in [1.807, 2.05) is 20.8 Å². The van der Waals surface area contributed by atoms with Crippen LogP contribution in [0.1, 0.15) is 34.1 Å². The zero-order chi connectivity index (χ0) is 14.5. The molecule has 1 heterocycles. The summed E-state index contributed by atoms with van der Waals surface area (Å²) in [5.74, 6) is 0.0994. The quantitative estimate of drug-likeness (QED) is 0.800. The molecule has 1 fully saturated rings.